The first-order valence-electron chi connectivity index (χ1n) is 6.76. The van der Waals surface area contributed by atoms with Gasteiger partial charge in [0.2, 0.25) is 5.95 Å². The third kappa shape index (κ3) is 3.46. The first-order valence-corrected chi connectivity index (χ1v) is 6.76. The molecule has 1 aliphatic rings. The third-order valence-corrected chi connectivity index (χ3v) is 3.24. The van der Waals surface area contributed by atoms with Crippen molar-refractivity contribution >= 4 is 5.95 Å². The molecule has 1 aromatic rings. The molecule has 102 valence electrons. The SMILES string of the molecule is CC(CN1CCOCC1)Nc1nccn1C(C)C. The van der Waals surface area contributed by atoms with Crippen LogP contribution in [-0.2, 0) is 4.74 Å². The second kappa shape index (κ2) is 6.20. The zero-order chi connectivity index (χ0) is 13.0. The molecule has 1 unspecified atom stereocenters. The summed E-state index contributed by atoms with van der Waals surface area (Å²) in [6.45, 7) is 11.3. The highest BCUT2D eigenvalue weighted by Gasteiger charge is 2.15. The number of hydrogen-bond donors (Lipinski definition) is 1. The molecule has 0 bridgehead atoms. The summed E-state index contributed by atoms with van der Waals surface area (Å²) in [5.41, 5.74) is 0. The number of rotatable bonds is 5. The van der Waals surface area contributed by atoms with Gasteiger partial charge in [0.1, 0.15) is 0 Å². The largest absolute Gasteiger partial charge is 0.379 e. The van der Waals surface area contributed by atoms with Crippen molar-refractivity contribution in [3.05, 3.63) is 12.4 Å². The molecule has 0 amide bonds. The highest BCUT2D eigenvalue weighted by atomic mass is 16.5. The lowest BCUT2D eigenvalue weighted by Gasteiger charge is -2.29. The molecular formula is C13H24N4O. The Morgan fingerprint density at radius 1 is 1.33 bits per heavy atom. The van der Waals surface area contributed by atoms with Crippen LogP contribution in [0.4, 0.5) is 5.95 Å². The lowest BCUT2D eigenvalue weighted by atomic mass is 10.3. The van der Waals surface area contributed by atoms with E-state index < -0.39 is 0 Å². The van der Waals surface area contributed by atoms with Gasteiger partial charge >= 0.3 is 0 Å². The molecule has 1 fully saturated rings. The van der Waals surface area contributed by atoms with Crippen molar-refractivity contribution in [2.45, 2.75) is 32.9 Å². The maximum atomic E-state index is 5.36. The Kier molecular flexibility index (Phi) is 4.60. The summed E-state index contributed by atoms with van der Waals surface area (Å²) in [4.78, 5) is 6.81. The van der Waals surface area contributed by atoms with E-state index >= 15 is 0 Å². The second-order valence-corrected chi connectivity index (χ2v) is 5.21. The Morgan fingerprint density at radius 2 is 2.06 bits per heavy atom. The predicted octanol–water partition coefficient (Wildman–Crippen LogP) is 1.60. The molecule has 1 N–H and O–H groups in total. The van der Waals surface area contributed by atoms with Crippen molar-refractivity contribution in [1.29, 1.82) is 0 Å². The van der Waals surface area contributed by atoms with E-state index in [4.69, 9.17) is 4.74 Å². The maximum Gasteiger partial charge on any atom is 0.203 e. The first kappa shape index (κ1) is 13.4. The maximum absolute atomic E-state index is 5.36. The summed E-state index contributed by atoms with van der Waals surface area (Å²) in [6.07, 6.45) is 3.87. The van der Waals surface area contributed by atoms with E-state index in [9.17, 15) is 0 Å². The molecule has 0 aromatic carbocycles. The molecule has 5 nitrogen and oxygen atoms in total. The average molecular weight is 252 g/mol. The van der Waals surface area contributed by atoms with E-state index in [1.54, 1.807) is 0 Å². The first-order chi connectivity index (χ1) is 8.66. The summed E-state index contributed by atoms with van der Waals surface area (Å²) in [5, 5.41) is 3.49. The third-order valence-electron chi connectivity index (χ3n) is 3.24. The molecule has 0 aliphatic carbocycles. The number of aromatic nitrogens is 2. The van der Waals surface area contributed by atoms with E-state index in [1.807, 2.05) is 12.4 Å². The highest BCUT2D eigenvalue weighted by Crippen LogP contribution is 2.13. The number of morpholine rings is 1. The van der Waals surface area contributed by atoms with Crippen LogP contribution in [0.5, 0.6) is 0 Å². The van der Waals surface area contributed by atoms with Crippen LogP contribution in [-0.4, -0.2) is 53.3 Å². The van der Waals surface area contributed by atoms with Crippen LogP contribution in [0.15, 0.2) is 12.4 Å². The summed E-state index contributed by atoms with van der Waals surface area (Å²) in [6, 6.07) is 0.827. The molecule has 1 atom stereocenters. The van der Waals surface area contributed by atoms with Gasteiger partial charge in [-0.2, -0.15) is 0 Å². The van der Waals surface area contributed by atoms with Crippen LogP contribution >= 0.6 is 0 Å². The van der Waals surface area contributed by atoms with Crippen LogP contribution in [0.25, 0.3) is 0 Å². The molecule has 1 saturated heterocycles. The molecule has 2 rings (SSSR count). The predicted molar refractivity (Wildman–Crippen MR) is 73.0 cm³/mol. The van der Waals surface area contributed by atoms with Gasteiger partial charge in [-0.25, -0.2) is 4.98 Å². The van der Waals surface area contributed by atoms with Gasteiger partial charge in [-0.05, 0) is 20.8 Å². The Balaban J connectivity index is 1.86. The number of nitrogens with zero attached hydrogens (tertiary/aromatic N) is 3. The van der Waals surface area contributed by atoms with Crippen LogP contribution in [0.1, 0.15) is 26.8 Å². The van der Waals surface area contributed by atoms with E-state index in [2.05, 4.69) is 40.5 Å². The lowest BCUT2D eigenvalue weighted by Crippen LogP contribution is -2.42. The fourth-order valence-electron chi connectivity index (χ4n) is 2.28. The Morgan fingerprint density at radius 3 is 2.72 bits per heavy atom. The van der Waals surface area contributed by atoms with Crippen molar-refractivity contribution in [3.8, 4) is 0 Å². The van der Waals surface area contributed by atoms with Gasteiger partial charge in [-0.15, -0.1) is 0 Å². The Hall–Kier alpha value is -1.07. The molecule has 2 heterocycles. The summed E-state index contributed by atoms with van der Waals surface area (Å²) in [7, 11) is 0. The molecular weight excluding hydrogens is 228 g/mol. The van der Waals surface area contributed by atoms with Gasteiger partial charge in [-0.3, -0.25) is 4.90 Å². The van der Waals surface area contributed by atoms with Gasteiger partial charge in [0.25, 0.3) is 0 Å². The summed E-state index contributed by atoms with van der Waals surface area (Å²) >= 11 is 0. The van der Waals surface area contributed by atoms with Crippen LogP contribution in [0.3, 0.4) is 0 Å². The Labute approximate surface area is 109 Å². The average Bonchev–Trinajstić information content (AvgIpc) is 2.78. The molecule has 0 radical (unpaired) electrons. The number of imidazole rings is 1. The van der Waals surface area contributed by atoms with Gasteiger partial charge < -0.3 is 14.6 Å². The monoisotopic (exact) mass is 252 g/mol. The van der Waals surface area contributed by atoms with Gasteiger partial charge in [0.15, 0.2) is 0 Å². The molecule has 18 heavy (non-hydrogen) atoms. The van der Waals surface area contributed by atoms with E-state index in [0.717, 1.165) is 38.8 Å². The smallest absolute Gasteiger partial charge is 0.203 e. The minimum Gasteiger partial charge on any atom is -0.379 e. The molecule has 1 aromatic heterocycles. The zero-order valence-electron chi connectivity index (χ0n) is 11.6. The van der Waals surface area contributed by atoms with E-state index in [1.165, 1.54) is 0 Å². The van der Waals surface area contributed by atoms with Crippen molar-refractivity contribution < 1.29 is 4.74 Å². The van der Waals surface area contributed by atoms with Gasteiger partial charge in [0.05, 0.1) is 13.2 Å². The quantitative estimate of drug-likeness (QED) is 0.864. The summed E-state index contributed by atoms with van der Waals surface area (Å²) < 4.78 is 7.52. The van der Waals surface area contributed by atoms with Crippen LogP contribution < -0.4 is 5.32 Å². The fourth-order valence-corrected chi connectivity index (χ4v) is 2.28. The number of nitrogens with one attached hydrogen (secondary N) is 1. The lowest BCUT2D eigenvalue weighted by molar-refractivity contribution is 0.0367. The van der Waals surface area contributed by atoms with Gasteiger partial charge in [-0.1, -0.05) is 0 Å². The van der Waals surface area contributed by atoms with Gasteiger partial charge in [0, 0.05) is 44.1 Å². The minimum absolute atomic E-state index is 0.392. The van der Waals surface area contributed by atoms with Crippen molar-refractivity contribution in [1.82, 2.24) is 14.5 Å². The van der Waals surface area contributed by atoms with Crippen molar-refractivity contribution in [2.24, 2.45) is 0 Å². The molecule has 0 saturated carbocycles. The molecule has 0 spiro atoms. The van der Waals surface area contributed by atoms with E-state index in [-0.39, 0.29) is 0 Å². The standard InChI is InChI=1S/C13H24N4O/c1-11(2)17-5-4-14-13(17)15-12(3)10-16-6-8-18-9-7-16/h4-5,11-12H,6-10H2,1-3H3,(H,14,15). The minimum atomic E-state index is 0.392. The van der Waals surface area contributed by atoms with Crippen LogP contribution in [0.2, 0.25) is 0 Å². The molecule has 1 aliphatic heterocycles. The zero-order valence-corrected chi connectivity index (χ0v) is 11.6. The van der Waals surface area contributed by atoms with Crippen molar-refractivity contribution in [2.75, 3.05) is 38.2 Å². The number of hydrogen-bond acceptors (Lipinski definition) is 4. The highest BCUT2D eigenvalue weighted by molar-refractivity contribution is 5.28. The Bertz CT molecular complexity index is 358. The topological polar surface area (TPSA) is 42.3 Å². The van der Waals surface area contributed by atoms with Crippen molar-refractivity contribution in [3.63, 3.8) is 0 Å². The molecule has 5 heteroatoms. The normalized spacial score (nSPS) is 19.1. The number of ether oxygens (including phenoxy) is 1. The second-order valence-electron chi connectivity index (χ2n) is 5.21. The fraction of sp³-hybridized carbons (Fsp3) is 0.769. The van der Waals surface area contributed by atoms with E-state index in [0.29, 0.717) is 12.1 Å². The number of anilines is 1. The summed E-state index contributed by atoms with van der Waals surface area (Å²) in [5.74, 6) is 0.964. The van der Waals surface area contributed by atoms with Crippen LogP contribution in [0, 0.1) is 0 Å².